The van der Waals surface area contributed by atoms with Crippen molar-refractivity contribution in [1.29, 1.82) is 0 Å². The van der Waals surface area contributed by atoms with Crippen molar-refractivity contribution in [2.75, 3.05) is 0 Å². The van der Waals surface area contributed by atoms with Crippen LogP contribution in [0.1, 0.15) is 0 Å². The first-order valence-electron chi connectivity index (χ1n) is 8.37. The molecule has 0 spiro atoms. The second-order valence-electron chi connectivity index (χ2n) is 6.52. The number of benzene rings is 5. The van der Waals surface area contributed by atoms with E-state index in [1.54, 1.807) is 0 Å². The minimum Gasteiger partial charge on any atom is -0.326 e. The Labute approximate surface area is 150 Å². The van der Waals surface area contributed by atoms with E-state index < -0.39 is 8.25 Å². The van der Waals surface area contributed by atoms with Crippen molar-refractivity contribution < 1.29 is 14.4 Å². The van der Waals surface area contributed by atoms with Gasteiger partial charge in [-0.05, 0) is 78.5 Å². The van der Waals surface area contributed by atoms with Crippen LogP contribution in [0.2, 0.25) is 0 Å². The molecule has 26 heavy (non-hydrogen) atoms. The number of fused-ring (bicyclic) bond motifs is 6. The van der Waals surface area contributed by atoms with Gasteiger partial charge in [0.2, 0.25) is 0 Å². The summed E-state index contributed by atoms with van der Waals surface area (Å²) in [5.74, 6) is 0. The first-order valence-corrected chi connectivity index (χ1v) is 9.67. The molecule has 0 aliphatic heterocycles. The Morgan fingerprint density at radius 2 is 1.19 bits per heavy atom. The molecule has 5 aromatic rings. The SMILES string of the molecule is O=[PH](O)O.c1ccc2cc3c(cc4c5c-4c4ccccc4cc53)cc2c1. The fourth-order valence-electron chi connectivity index (χ4n) is 3.96. The summed E-state index contributed by atoms with van der Waals surface area (Å²) < 4.78 is 8.74. The maximum Gasteiger partial charge on any atom is 0.314 e. The van der Waals surface area contributed by atoms with Crippen LogP contribution in [0, 0.1) is 0 Å². The predicted molar refractivity (Wildman–Crippen MR) is 109 cm³/mol. The van der Waals surface area contributed by atoms with E-state index in [1.165, 1.54) is 54.2 Å². The summed E-state index contributed by atoms with van der Waals surface area (Å²) in [4.78, 5) is 14.3. The molecule has 4 heteroatoms. The average molecular weight is 358 g/mol. The van der Waals surface area contributed by atoms with Crippen LogP contribution in [0.4, 0.5) is 0 Å². The molecule has 0 bridgehead atoms. The topological polar surface area (TPSA) is 57.5 Å². The largest absolute Gasteiger partial charge is 0.326 e. The van der Waals surface area contributed by atoms with Gasteiger partial charge in [-0.25, -0.2) is 0 Å². The van der Waals surface area contributed by atoms with Crippen LogP contribution in [0.25, 0.3) is 54.2 Å². The third-order valence-corrected chi connectivity index (χ3v) is 5.03. The Hall–Kier alpha value is -2.71. The molecule has 0 atom stereocenters. The van der Waals surface area contributed by atoms with E-state index in [-0.39, 0.29) is 0 Å². The highest BCUT2D eigenvalue weighted by atomic mass is 31.1. The van der Waals surface area contributed by atoms with Crippen LogP contribution in [0.15, 0.2) is 72.8 Å². The summed E-state index contributed by atoms with van der Waals surface area (Å²) in [7, 11) is -3.13. The summed E-state index contributed by atoms with van der Waals surface area (Å²) in [6.45, 7) is 0. The Bertz CT molecular complexity index is 1360. The van der Waals surface area contributed by atoms with E-state index in [2.05, 4.69) is 72.8 Å². The van der Waals surface area contributed by atoms with Crippen molar-refractivity contribution in [3.63, 3.8) is 0 Å². The molecule has 126 valence electrons. The number of hydrogen-bond donors (Lipinski definition) is 2. The van der Waals surface area contributed by atoms with Crippen molar-refractivity contribution in [1.82, 2.24) is 0 Å². The third-order valence-electron chi connectivity index (χ3n) is 5.03. The Kier molecular flexibility index (Phi) is 3.38. The van der Waals surface area contributed by atoms with Crippen molar-refractivity contribution in [3.8, 4) is 11.1 Å². The zero-order valence-electron chi connectivity index (χ0n) is 13.7. The van der Waals surface area contributed by atoms with Gasteiger partial charge < -0.3 is 9.79 Å². The summed E-state index contributed by atoms with van der Waals surface area (Å²) in [5, 5.41) is 11.0. The summed E-state index contributed by atoms with van der Waals surface area (Å²) in [5.41, 5.74) is 2.91. The Morgan fingerprint density at radius 1 is 0.615 bits per heavy atom. The quantitative estimate of drug-likeness (QED) is 0.210. The molecule has 2 N–H and O–H groups in total. The van der Waals surface area contributed by atoms with E-state index in [1.807, 2.05) is 0 Å². The standard InChI is InChI=1S/C22H12.H3O3P/c1-2-6-14-10-18-16(9-13(14)5-1)12-20-21-17-8-4-3-7-15(17)11-19(18)22(20)21;1-4(2)3/h1-12H;4H,(H2,1,2,3). The van der Waals surface area contributed by atoms with Gasteiger partial charge in [0.25, 0.3) is 0 Å². The van der Waals surface area contributed by atoms with Gasteiger partial charge in [0, 0.05) is 0 Å². The molecule has 0 saturated heterocycles. The highest BCUT2D eigenvalue weighted by molar-refractivity contribution is 7.30. The molecule has 0 unspecified atom stereocenters. The Morgan fingerprint density at radius 3 is 1.92 bits per heavy atom. The molecule has 0 heterocycles. The molecule has 3 nitrogen and oxygen atoms in total. The van der Waals surface area contributed by atoms with E-state index in [4.69, 9.17) is 14.4 Å². The highest BCUT2D eigenvalue weighted by Gasteiger charge is 2.26. The lowest BCUT2D eigenvalue weighted by Crippen LogP contribution is -1.76. The third kappa shape index (κ3) is 2.33. The van der Waals surface area contributed by atoms with Crippen molar-refractivity contribution in [2.24, 2.45) is 0 Å². The van der Waals surface area contributed by atoms with Crippen LogP contribution in [0.3, 0.4) is 0 Å². The number of hydrogen-bond acceptors (Lipinski definition) is 1. The molecule has 5 aromatic carbocycles. The monoisotopic (exact) mass is 358 g/mol. The molecule has 1 aliphatic carbocycles. The van der Waals surface area contributed by atoms with Gasteiger partial charge in [-0.3, -0.25) is 4.57 Å². The van der Waals surface area contributed by atoms with Crippen molar-refractivity contribution in [2.45, 2.75) is 0 Å². The molecule has 0 aromatic heterocycles. The molecule has 0 saturated carbocycles. The lowest BCUT2D eigenvalue weighted by molar-refractivity contribution is 0.405. The van der Waals surface area contributed by atoms with Crippen LogP contribution in [0.5, 0.6) is 0 Å². The predicted octanol–water partition coefficient (Wildman–Crippen LogP) is 5.64. The maximum atomic E-state index is 8.74. The lowest BCUT2D eigenvalue weighted by Gasteiger charge is -2.03. The first kappa shape index (κ1) is 15.5. The second-order valence-corrected chi connectivity index (χ2v) is 7.09. The van der Waals surface area contributed by atoms with E-state index in [9.17, 15) is 0 Å². The molecular weight excluding hydrogens is 343 g/mol. The molecule has 6 rings (SSSR count). The van der Waals surface area contributed by atoms with Crippen LogP contribution in [-0.4, -0.2) is 9.79 Å². The van der Waals surface area contributed by atoms with Gasteiger partial charge in [0.1, 0.15) is 0 Å². The zero-order chi connectivity index (χ0) is 17.8. The van der Waals surface area contributed by atoms with Gasteiger partial charge in [0.15, 0.2) is 0 Å². The van der Waals surface area contributed by atoms with Gasteiger partial charge >= 0.3 is 8.25 Å². The fourth-order valence-corrected chi connectivity index (χ4v) is 3.96. The summed E-state index contributed by atoms with van der Waals surface area (Å²) in [6.07, 6.45) is 0. The van der Waals surface area contributed by atoms with Gasteiger partial charge in [-0.1, -0.05) is 48.5 Å². The number of rotatable bonds is 0. The highest BCUT2D eigenvalue weighted by Crippen LogP contribution is 2.54. The van der Waals surface area contributed by atoms with Gasteiger partial charge in [-0.2, -0.15) is 0 Å². The Balaban J connectivity index is 0.000000344. The average Bonchev–Trinajstić information content (AvgIpc) is 3.35. The molecule has 0 fully saturated rings. The van der Waals surface area contributed by atoms with Crippen LogP contribution in [-0.2, 0) is 4.57 Å². The van der Waals surface area contributed by atoms with Crippen LogP contribution < -0.4 is 0 Å². The van der Waals surface area contributed by atoms with E-state index in [0.717, 1.165) is 0 Å². The zero-order valence-corrected chi connectivity index (χ0v) is 14.7. The minimum absolute atomic E-state index is 1.32. The maximum absolute atomic E-state index is 8.74. The van der Waals surface area contributed by atoms with Gasteiger partial charge in [-0.15, -0.1) is 0 Å². The normalized spacial score (nSPS) is 12.0. The van der Waals surface area contributed by atoms with Gasteiger partial charge in [0.05, 0.1) is 0 Å². The summed E-state index contributed by atoms with van der Waals surface area (Å²) in [6, 6.07) is 26.8. The smallest absolute Gasteiger partial charge is 0.314 e. The summed E-state index contributed by atoms with van der Waals surface area (Å²) >= 11 is 0. The first-order chi connectivity index (χ1) is 12.6. The van der Waals surface area contributed by atoms with Crippen molar-refractivity contribution >= 4 is 51.3 Å². The molecule has 0 amide bonds. The molecular formula is C22H15O3P. The van der Waals surface area contributed by atoms with E-state index in [0.29, 0.717) is 0 Å². The van der Waals surface area contributed by atoms with Crippen molar-refractivity contribution in [3.05, 3.63) is 72.8 Å². The lowest BCUT2D eigenvalue weighted by atomic mass is 10.0. The van der Waals surface area contributed by atoms with E-state index >= 15 is 0 Å². The van der Waals surface area contributed by atoms with Crippen LogP contribution >= 0.6 is 8.25 Å². The molecule has 1 aliphatic rings. The minimum atomic E-state index is -3.13. The second kappa shape index (κ2) is 5.65. The fraction of sp³-hybridized carbons (Fsp3) is 0. The molecule has 0 radical (unpaired) electrons.